The van der Waals surface area contributed by atoms with Crippen LogP contribution >= 0.6 is 0 Å². The molecule has 1 aliphatic carbocycles. The van der Waals surface area contributed by atoms with Crippen molar-refractivity contribution in [3.63, 3.8) is 0 Å². The lowest BCUT2D eigenvalue weighted by molar-refractivity contribution is 0.255. The Morgan fingerprint density at radius 1 is 1.43 bits per heavy atom. The zero-order chi connectivity index (χ0) is 10.4. The third-order valence-electron chi connectivity index (χ3n) is 3.25. The first kappa shape index (κ1) is 12.0. The fourth-order valence-corrected chi connectivity index (χ4v) is 2.47. The van der Waals surface area contributed by atoms with Crippen LogP contribution in [0.3, 0.4) is 0 Å². The quantitative estimate of drug-likeness (QED) is 0.712. The summed E-state index contributed by atoms with van der Waals surface area (Å²) in [7, 11) is 0. The molecule has 0 aromatic rings. The van der Waals surface area contributed by atoms with Crippen molar-refractivity contribution in [1.29, 1.82) is 0 Å². The van der Waals surface area contributed by atoms with Crippen molar-refractivity contribution < 1.29 is 5.11 Å². The second kappa shape index (κ2) is 6.41. The summed E-state index contributed by atoms with van der Waals surface area (Å²) in [6.07, 6.45) is 7.49. The highest BCUT2D eigenvalue weighted by molar-refractivity contribution is 4.78. The molecular formula is C12H25NO. The van der Waals surface area contributed by atoms with Crippen LogP contribution in [0.1, 0.15) is 52.4 Å². The maximum atomic E-state index is 8.74. The first-order chi connectivity index (χ1) is 6.72. The summed E-state index contributed by atoms with van der Waals surface area (Å²) in [6, 6.07) is 1.30. The van der Waals surface area contributed by atoms with Gasteiger partial charge in [0.05, 0.1) is 0 Å². The second-order valence-corrected chi connectivity index (χ2v) is 4.90. The molecule has 0 radical (unpaired) electrons. The third-order valence-corrected chi connectivity index (χ3v) is 3.25. The van der Waals surface area contributed by atoms with Crippen LogP contribution in [0.4, 0.5) is 0 Å². The third kappa shape index (κ3) is 4.43. The minimum atomic E-state index is 0.326. The van der Waals surface area contributed by atoms with E-state index in [-0.39, 0.29) is 0 Å². The number of aliphatic hydroxyl groups is 1. The van der Waals surface area contributed by atoms with Crippen LogP contribution in [0.25, 0.3) is 0 Å². The number of hydrogen-bond donors (Lipinski definition) is 2. The van der Waals surface area contributed by atoms with Gasteiger partial charge in [0.1, 0.15) is 0 Å². The molecule has 1 aliphatic rings. The van der Waals surface area contributed by atoms with Crippen LogP contribution in [0, 0.1) is 5.92 Å². The number of aliphatic hydroxyl groups excluding tert-OH is 1. The van der Waals surface area contributed by atoms with Crippen molar-refractivity contribution in [2.75, 3.05) is 6.61 Å². The summed E-state index contributed by atoms with van der Waals surface area (Å²) in [5, 5.41) is 12.4. The van der Waals surface area contributed by atoms with Gasteiger partial charge in [0.15, 0.2) is 0 Å². The van der Waals surface area contributed by atoms with E-state index in [1.165, 1.54) is 25.7 Å². The van der Waals surface area contributed by atoms with Crippen LogP contribution in [0.2, 0.25) is 0 Å². The Morgan fingerprint density at radius 3 is 2.86 bits per heavy atom. The van der Waals surface area contributed by atoms with Crippen LogP contribution in [-0.2, 0) is 0 Å². The number of nitrogens with one attached hydrogen (secondary N) is 1. The van der Waals surface area contributed by atoms with E-state index in [2.05, 4.69) is 19.2 Å². The predicted molar refractivity (Wildman–Crippen MR) is 60.3 cm³/mol. The number of hydrogen-bond acceptors (Lipinski definition) is 2. The van der Waals surface area contributed by atoms with Gasteiger partial charge in [0.25, 0.3) is 0 Å². The Labute approximate surface area is 88.1 Å². The fourth-order valence-electron chi connectivity index (χ4n) is 2.47. The molecule has 1 saturated carbocycles. The molecule has 14 heavy (non-hydrogen) atoms. The molecule has 84 valence electrons. The molecule has 0 saturated heterocycles. The Kier molecular flexibility index (Phi) is 5.49. The van der Waals surface area contributed by atoms with Crippen LogP contribution < -0.4 is 5.32 Å². The van der Waals surface area contributed by atoms with E-state index >= 15 is 0 Å². The molecule has 0 aromatic carbocycles. The highest BCUT2D eigenvalue weighted by Gasteiger charge is 2.19. The molecule has 0 amide bonds. The van der Waals surface area contributed by atoms with Crippen molar-refractivity contribution >= 4 is 0 Å². The van der Waals surface area contributed by atoms with Crippen molar-refractivity contribution in [2.45, 2.75) is 64.5 Å². The van der Waals surface area contributed by atoms with Crippen LogP contribution in [-0.4, -0.2) is 23.8 Å². The molecular weight excluding hydrogens is 174 g/mol. The lowest BCUT2D eigenvalue weighted by atomic mass is 9.86. The summed E-state index contributed by atoms with van der Waals surface area (Å²) in [6.45, 7) is 4.91. The van der Waals surface area contributed by atoms with Crippen molar-refractivity contribution in [1.82, 2.24) is 5.32 Å². The van der Waals surface area contributed by atoms with E-state index in [1.807, 2.05) is 0 Å². The van der Waals surface area contributed by atoms with Gasteiger partial charge in [-0.3, -0.25) is 0 Å². The zero-order valence-corrected chi connectivity index (χ0v) is 9.63. The van der Waals surface area contributed by atoms with Crippen LogP contribution in [0.15, 0.2) is 0 Å². The minimum Gasteiger partial charge on any atom is -0.396 e. The Balaban J connectivity index is 2.15. The first-order valence-electron chi connectivity index (χ1n) is 6.09. The predicted octanol–water partition coefficient (Wildman–Crippen LogP) is 2.32. The first-order valence-corrected chi connectivity index (χ1v) is 6.09. The monoisotopic (exact) mass is 199 g/mol. The fraction of sp³-hybridized carbons (Fsp3) is 1.00. The van der Waals surface area contributed by atoms with Gasteiger partial charge >= 0.3 is 0 Å². The maximum absolute atomic E-state index is 8.74. The van der Waals surface area contributed by atoms with Crippen molar-refractivity contribution in [3.8, 4) is 0 Å². The van der Waals surface area contributed by atoms with E-state index < -0.39 is 0 Å². The van der Waals surface area contributed by atoms with Gasteiger partial charge in [0, 0.05) is 18.7 Å². The topological polar surface area (TPSA) is 32.3 Å². The molecule has 0 bridgehead atoms. The molecule has 0 aliphatic heterocycles. The lowest BCUT2D eigenvalue weighted by Crippen LogP contribution is -2.39. The van der Waals surface area contributed by atoms with Gasteiger partial charge in [-0.1, -0.05) is 19.8 Å². The van der Waals surface area contributed by atoms with Gasteiger partial charge in [-0.15, -0.1) is 0 Å². The smallest absolute Gasteiger partial charge is 0.0431 e. The largest absolute Gasteiger partial charge is 0.396 e. The Morgan fingerprint density at radius 2 is 2.21 bits per heavy atom. The normalized spacial score (nSPS) is 30.2. The highest BCUT2D eigenvalue weighted by Crippen LogP contribution is 2.23. The van der Waals surface area contributed by atoms with Gasteiger partial charge in [-0.2, -0.15) is 0 Å². The van der Waals surface area contributed by atoms with E-state index in [9.17, 15) is 0 Å². The van der Waals surface area contributed by atoms with Gasteiger partial charge in [-0.25, -0.2) is 0 Å². The van der Waals surface area contributed by atoms with Gasteiger partial charge < -0.3 is 10.4 Å². The average molecular weight is 199 g/mol. The molecule has 0 aromatic heterocycles. The molecule has 3 atom stereocenters. The van der Waals surface area contributed by atoms with E-state index in [4.69, 9.17) is 5.11 Å². The van der Waals surface area contributed by atoms with E-state index in [1.54, 1.807) is 0 Å². The average Bonchev–Trinajstić information content (AvgIpc) is 2.15. The van der Waals surface area contributed by atoms with E-state index in [0.717, 1.165) is 24.8 Å². The standard InChI is InChI=1S/C12H25NO/c1-10-5-3-7-12(9-10)13-11(2)6-4-8-14/h10-14H,3-9H2,1-2H3/t10-,11+,12+/m1/s1. The van der Waals surface area contributed by atoms with Crippen molar-refractivity contribution in [2.24, 2.45) is 5.92 Å². The Hall–Kier alpha value is -0.0800. The second-order valence-electron chi connectivity index (χ2n) is 4.90. The molecule has 2 nitrogen and oxygen atoms in total. The lowest BCUT2D eigenvalue weighted by Gasteiger charge is -2.30. The highest BCUT2D eigenvalue weighted by atomic mass is 16.2. The maximum Gasteiger partial charge on any atom is 0.0431 e. The molecule has 0 spiro atoms. The summed E-state index contributed by atoms with van der Waals surface area (Å²) in [5.74, 6) is 0.895. The van der Waals surface area contributed by atoms with Gasteiger partial charge in [0.2, 0.25) is 0 Å². The molecule has 1 rings (SSSR count). The molecule has 0 unspecified atom stereocenters. The van der Waals surface area contributed by atoms with Gasteiger partial charge in [-0.05, 0) is 38.5 Å². The molecule has 0 heterocycles. The van der Waals surface area contributed by atoms with E-state index in [0.29, 0.717) is 12.6 Å². The molecule has 1 fully saturated rings. The summed E-state index contributed by atoms with van der Waals surface area (Å²) < 4.78 is 0. The Bertz CT molecular complexity index is 149. The zero-order valence-electron chi connectivity index (χ0n) is 9.63. The van der Waals surface area contributed by atoms with Crippen molar-refractivity contribution in [3.05, 3.63) is 0 Å². The SMILES string of the molecule is C[C@@H]1CCC[C@H](N[C@@H](C)CCCO)C1. The number of rotatable bonds is 5. The summed E-state index contributed by atoms with van der Waals surface area (Å²) >= 11 is 0. The summed E-state index contributed by atoms with van der Waals surface area (Å²) in [4.78, 5) is 0. The molecule has 2 N–H and O–H groups in total. The van der Waals surface area contributed by atoms with Crippen LogP contribution in [0.5, 0.6) is 0 Å². The minimum absolute atomic E-state index is 0.326. The summed E-state index contributed by atoms with van der Waals surface area (Å²) in [5.41, 5.74) is 0. The molecule has 2 heteroatoms.